The summed E-state index contributed by atoms with van der Waals surface area (Å²) in [6, 6.07) is 11.3. The lowest BCUT2D eigenvalue weighted by molar-refractivity contribution is 0.0940. The number of hydrazine groups is 1. The molecule has 2 rings (SSSR count). The molecule has 4 nitrogen and oxygen atoms in total. The van der Waals surface area contributed by atoms with Crippen molar-refractivity contribution in [1.82, 2.24) is 5.32 Å². The summed E-state index contributed by atoms with van der Waals surface area (Å²) in [5, 5.41) is 5.03. The first-order valence-electron chi connectivity index (χ1n) is 6.09. The van der Waals surface area contributed by atoms with E-state index in [9.17, 15) is 4.79 Å². The standard InChI is InChI=1S/C14H17N3OS/c1-10(9-13-3-2-8-19-13)16-14(18)11-4-6-12(17-15)7-5-11/h2-8,10,17H,9,15H2,1H3,(H,16,18). The van der Waals surface area contributed by atoms with Gasteiger partial charge in [-0.05, 0) is 42.6 Å². The molecule has 1 heterocycles. The summed E-state index contributed by atoms with van der Waals surface area (Å²) in [7, 11) is 0. The van der Waals surface area contributed by atoms with E-state index in [0.29, 0.717) is 5.56 Å². The molecular weight excluding hydrogens is 258 g/mol. The highest BCUT2D eigenvalue weighted by atomic mass is 32.1. The average Bonchev–Trinajstić information content (AvgIpc) is 2.91. The fraction of sp³-hybridized carbons (Fsp3) is 0.214. The molecule has 0 aliphatic carbocycles. The molecule has 1 unspecified atom stereocenters. The van der Waals surface area contributed by atoms with Gasteiger partial charge in [-0.1, -0.05) is 6.07 Å². The monoisotopic (exact) mass is 275 g/mol. The summed E-state index contributed by atoms with van der Waals surface area (Å²) in [5.41, 5.74) is 3.95. The number of hydrogen-bond donors (Lipinski definition) is 3. The maximum absolute atomic E-state index is 12.0. The van der Waals surface area contributed by atoms with Gasteiger partial charge >= 0.3 is 0 Å². The van der Waals surface area contributed by atoms with Gasteiger partial charge in [0, 0.05) is 28.6 Å². The summed E-state index contributed by atoms with van der Waals surface area (Å²) >= 11 is 1.71. The van der Waals surface area contributed by atoms with Gasteiger partial charge in [0.2, 0.25) is 0 Å². The molecule has 1 atom stereocenters. The van der Waals surface area contributed by atoms with Gasteiger partial charge in [0.15, 0.2) is 0 Å². The van der Waals surface area contributed by atoms with E-state index in [1.165, 1.54) is 4.88 Å². The topological polar surface area (TPSA) is 67.2 Å². The number of carbonyl (C=O) groups is 1. The van der Waals surface area contributed by atoms with Crippen LogP contribution in [-0.2, 0) is 6.42 Å². The smallest absolute Gasteiger partial charge is 0.251 e. The summed E-state index contributed by atoms with van der Waals surface area (Å²) in [5.74, 6) is 5.22. The molecule has 0 saturated heterocycles. The molecule has 2 aromatic rings. The number of amides is 1. The van der Waals surface area contributed by atoms with Crippen LogP contribution in [-0.4, -0.2) is 11.9 Å². The molecule has 0 bridgehead atoms. The molecule has 0 aliphatic heterocycles. The molecule has 0 radical (unpaired) electrons. The second-order valence-electron chi connectivity index (χ2n) is 4.38. The van der Waals surface area contributed by atoms with Gasteiger partial charge in [-0.15, -0.1) is 11.3 Å². The Balaban J connectivity index is 1.92. The molecule has 0 aliphatic rings. The number of nitrogen functional groups attached to an aromatic ring is 1. The van der Waals surface area contributed by atoms with Crippen LogP contribution in [0.3, 0.4) is 0 Å². The minimum Gasteiger partial charge on any atom is -0.349 e. The van der Waals surface area contributed by atoms with Crippen molar-refractivity contribution < 1.29 is 4.79 Å². The lowest BCUT2D eigenvalue weighted by atomic mass is 10.1. The van der Waals surface area contributed by atoms with Gasteiger partial charge in [0.05, 0.1) is 0 Å². The van der Waals surface area contributed by atoms with Gasteiger partial charge < -0.3 is 10.7 Å². The molecular formula is C14H17N3OS. The van der Waals surface area contributed by atoms with Crippen LogP contribution in [0.15, 0.2) is 41.8 Å². The van der Waals surface area contributed by atoms with Crippen molar-refractivity contribution >= 4 is 22.9 Å². The minimum absolute atomic E-state index is 0.0624. The van der Waals surface area contributed by atoms with E-state index in [-0.39, 0.29) is 11.9 Å². The Morgan fingerprint density at radius 1 is 1.32 bits per heavy atom. The van der Waals surface area contributed by atoms with Crippen molar-refractivity contribution in [2.75, 3.05) is 5.43 Å². The Morgan fingerprint density at radius 2 is 2.05 bits per heavy atom. The van der Waals surface area contributed by atoms with E-state index >= 15 is 0 Å². The quantitative estimate of drug-likeness (QED) is 0.580. The highest BCUT2D eigenvalue weighted by Crippen LogP contribution is 2.12. The van der Waals surface area contributed by atoms with Crippen LogP contribution in [0.5, 0.6) is 0 Å². The van der Waals surface area contributed by atoms with Gasteiger partial charge in [-0.3, -0.25) is 10.6 Å². The Hall–Kier alpha value is -1.85. The van der Waals surface area contributed by atoms with Crippen LogP contribution in [0.25, 0.3) is 0 Å². The molecule has 0 fully saturated rings. The molecule has 0 spiro atoms. The second-order valence-corrected chi connectivity index (χ2v) is 5.41. The second kappa shape index (κ2) is 6.36. The predicted octanol–water partition coefficient (Wildman–Crippen LogP) is 2.39. The van der Waals surface area contributed by atoms with Crippen molar-refractivity contribution in [2.24, 2.45) is 5.84 Å². The van der Waals surface area contributed by atoms with Crippen LogP contribution in [0.2, 0.25) is 0 Å². The summed E-state index contributed by atoms with van der Waals surface area (Å²) in [4.78, 5) is 13.3. The first-order chi connectivity index (χ1) is 9.19. The average molecular weight is 275 g/mol. The predicted molar refractivity (Wildman–Crippen MR) is 79.2 cm³/mol. The number of carbonyl (C=O) groups excluding carboxylic acids is 1. The Bertz CT molecular complexity index is 522. The number of thiophene rings is 1. The molecule has 4 N–H and O–H groups in total. The van der Waals surface area contributed by atoms with Crippen LogP contribution in [0.1, 0.15) is 22.2 Å². The third-order valence-electron chi connectivity index (χ3n) is 2.78. The van der Waals surface area contributed by atoms with E-state index in [4.69, 9.17) is 5.84 Å². The third kappa shape index (κ3) is 3.81. The van der Waals surface area contributed by atoms with Crippen LogP contribution in [0.4, 0.5) is 5.69 Å². The highest BCUT2D eigenvalue weighted by molar-refractivity contribution is 7.09. The zero-order valence-electron chi connectivity index (χ0n) is 10.7. The minimum atomic E-state index is -0.0624. The van der Waals surface area contributed by atoms with Crippen molar-refractivity contribution in [2.45, 2.75) is 19.4 Å². The fourth-order valence-corrected chi connectivity index (χ4v) is 2.64. The zero-order valence-corrected chi connectivity index (χ0v) is 11.5. The number of rotatable bonds is 5. The summed E-state index contributed by atoms with van der Waals surface area (Å²) < 4.78 is 0. The maximum Gasteiger partial charge on any atom is 0.251 e. The lowest BCUT2D eigenvalue weighted by Gasteiger charge is -2.13. The number of nitrogens with one attached hydrogen (secondary N) is 2. The van der Waals surface area contributed by atoms with Crippen molar-refractivity contribution in [3.63, 3.8) is 0 Å². The molecule has 1 amide bonds. The Labute approximate surface area is 116 Å². The third-order valence-corrected chi connectivity index (χ3v) is 3.68. The maximum atomic E-state index is 12.0. The number of hydrogen-bond acceptors (Lipinski definition) is 4. The van der Waals surface area contributed by atoms with E-state index in [1.54, 1.807) is 35.6 Å². The summed E-state index contributed by atoms with van der Waals surface area (Å²) in [6.07, 6.45) is 0.853. The zero-order chi connectivity index (χ0) is 13.7. The largest absolute Gasteiger partial charge is 0.349 e. The first-order valence-corrected chi connectivity index (χ1v) is 6.97. The van der Waals surface area contributed by atoms with Gasteiger partial charge in [0.25, 0.3) is 5.91 Å². The molecule has 1 aromatic carbocycles. The normalized spacial score (nSPS) is 11.9. The van der Waals surface area contributed by atoms with Crippen LogP contribution < -0.4 is 16.6 Å². The van der Waals surface area contributed by atoms with Gasteiger partial charge in [0.1, 0.15) is 0 Å². The van der Waals surface area contributed by atoms with Gasteiger partial charge in [-0.2, -0.15) is 0 Å². The Morgan fingerprint density at radius 3 is 2.63 bits per heavy atom. The molecule has 1 aromatic heterocycles. The van der Waals surface area contributed by atoms with Gasteiger partial charge in [-0.25, -0.2) is 0 Å². The molecule has 5 heteroatoms. The molecule has 100 valence electrons. The summed E-state index contributed by atoms with van der Waals surface area (Å²) in [6.45, 7) is 2.01. The Kier molecular flexibility index (Phi) is 4.54. The van der Waals surface area contributed by atoms with E-state index < -0.39 is 0 Å². The fourth-order valence-electron chi connectivity index (χ4n) is 1.81. The van der Waals surface area contributed by atoms with Crippen molar-refractivity contribution in [3.05, 3.63) is 52.2 Å². The lowest BCUT2D eigenvalue weighted by Crippen LogP contribution is -2.33. The van der Waals surface area contributed by atoms with E-state index in [1.807, 2.05) is 18.4 Å². The van der Waals surface area contributed by atoms with Crippen LogP contribution >= 0.6 is 11.3 Å². The first kappa shape index (κ1) is 13.6. The molecule has 19 heavy (non-hydrogen) atoms. The SMILES string of the molecule is CC(Cc1cccs1)NC(=O)c1ccc(NN)cc1. The number of anilines is 1. The molecule has 0 saturated carbocycles. The number of nitrogens with two attached hydrogens (primary N) is 1. The van der Waals surface area contributed by atoms with E-state index in [2.05, 4.69) is 16.8 Å². The van der Waals surface area contributed by atoms with Crippen molar-refractivity contribution in [1.29, 1.82) is 0 Å². The number of benzene rings is 1. The van der Waals surface area contributed by atoms with Crippen LogP contribution in [0, 0.1) is 0 Å². The van der Waals surface area contributed by atoms with Crippen molar-refractivity contribution in [3.8, 4) is 0 Å². The van der Waals surface area contributed by atoms with E-state index in [0.717, 1.165) is 12.1 Å². The highest BCUT2D eigenvalue weighted by Gasteiger charge is 2.10.